The van der Waals surface area contributed by atoms with E-state index in [-0.39, 0.29) is 12.0 Å². The number of aliphatic hydroxyl groups excluding tert-OH is 1. The topological polar surface area (TPSA) is 20.2 Å². The molecule has 0 saturated carbocycles. The lowest BCUT2D eigenvalue weighted by Gasteiger charge is -2.28. The van der Waals surface area contributed by atoms with Gasteiger partial charge in [-0.05, 0) is 30.4 Å². The van der Waals surface area contributed by atoms with Gasteiger partial charge in [0.25, 0.3) is 0 Å². The van der Waals surface area contributed by atoms with Crippen LogP contribution in [0.2, 0.25) is 0 Å². The average molecular weight is 202 g/mol. The van der Waals surface area contributed by atoms with E-state index in [1.807, 2.05) is 12.1 Å². The van der Waals surface area contributed by atoms with Crippen LogP contribution in [0.1, 0.15) is 30.4 Å². The third-order valence-electron chi connectivity index (χ3n) is 3.26. The molecule has 1 aliphatic carbocycles. The van der Waals surface area contributed by atoms with E-state index in [1.54, 1.807) is 0 Å². The molecule has 1 aromatic carbocycles. The van der Waals surface area contributed by atoms with Gasteiger partial charge in [-0.3, -0.25) is 0 Å². The summed E-state index contributed by atoms with van der Waals surface area (Å²) in [5.74, 6) is 0.837. The number of benzene rings is 1. The zero-order chi connectivity index (χ0) is 10.8. The molecule has 0 spiro atoms. The van der Waals surface area contributed by atoms with Crippen LogP contribution in [0.15, 0.2) is 36.4 Å². The Morgan fingerprint density at radius 2 is 1.93 bits per heavy atom. The minimum atomic E-state index is -0.317. The number of allylic oxidation sites excluding steroid dienone is 1. The van der Waals surface area contributed by atoms with Gasteiger partial charge in [0.05, 0.1) is 6.10 Å². The fraction of sp³-hybridized carbons (Fsp3) is 0.429. The van der Waals surface area contributed by atoms with Crippen molar-refractivity contribution in [2.75, 3.05) is 0 Å². The number of hydrogen-bond donors (Lipinski definition) is 1. The van der Waals surface area contributed by atoms with Crippen LogP contribution in [-0.2, 0) is 0 Å². The summed E-state index contributed by atoms with van der Waals surface area (Å²) in [5, 5.41) is 9.98. The quantitative estimate of drug-likeness (QED) is 0.694. The molecule has 3 unspecified atom stereocenters. The minimum Gasteiger partial charge on any atom is -0.388 e. The fourth-order valence-corrected chi connectivity index (χ4v) is 2.37. The summed E-state index contributed by atoms with van der Waals surface area (Å²) >= 11 is 0. The molecule has 3 atom stereocenters. The molecule has 0 amide bonds. The van der Waals surface area contributed by atoms with Crippen molar-refractivity contribution in [3.05, 3.63) is 47.5 Å². The van der Waals surface area contributed by atoms with E-state index in [4.69, 9.17) is 0 Å². The van der Waals surface area contributed by atoms with Crippen LogP contribution in [0.25, 0.3) is 0 Å². The molecular formula is C14H18O. The Kier molecular flexibility index (Phi) is 2.92. The standard InChI is InChI=1S/C14H18O/c1-10-7-8-14(15)13(9-10)12-6-4-3-5-11(12)2/h3-8,10,13-15H,9H2,1-2H3. The molecule has 15 heavy (non-hydrogen) atoms. The highest BCUT2D eigenvalue weighted by Gasteiger charge is 2.25. The van der Waals surface area contributed by atoms with E-state index in [1.165, 1.54) is 11.1 Å². The monoisotopic (exact) mass is 202 g/mol. The number of aliphatic hydroxyl groups is 1. The summed E-state index contributed by atoms with van der Waals surface area (Å²) in [6, 6.07) is 8.35. The predicted octanol–water partition coefficient (Wildman–Crippen LogP) is 3.04. The van der Waals surface area contributed by atoms with Crippen LogP contribution < -0.4 is 0 Å². The lowest BCUT2D eigenvalue weighted by atomic mass is 9.80. The molecule has 0 heterocycles. The van der Waals surface area contributed by atoms with Crippen molar-refractivity contribution >= 4 is 0 Å². The molecular weight excluding hydrogens is 184 g/mol. The fourth-order valence-electron chi connectivity index (χ4n) is 2.37. The third-order valence-corrected chi connectivity index (χ3v) is 3.26. The van der Waals surface area contributed by atoms with Gasteiger partial charge in [0.1, 0.15) is 0 Å². The Hall–Kier alpha value is -1.08. The largest absolute Gasteiger partial charge is 0.388 e. The Morgan fingerprint density at radius 3 is 2.67 bits per heavy atom. The van der Waals surface area contributed by atoms with E-state index in [0.29, 0.717) is 5.92 Å². The Labute approximate surface area is 91.4 Å². The van der Waals surface area contributed by atoms with Gasteiger partial charge in [-0.25, -0.2) is 0 Å². The molecule has 1 aromatic rings. The second-order valence-corrected chi connectivity index (χ2v) is 4.55. The highest BCUT2D eigenvalue weighted by molar-refractivity contribution is 5.32. The molecule has 80 valence electrons. The van der Waals surface area contributed by atoms with Crippen LogP contribution in [0, 0.1) is 12.8 Å². The van der Waals surface area contributed by atoms with E-state index in [2.05, 4.69) is 38.1 Å². The molecule has 1 nitrogen and oxygen atoms in total. The molecule has 2 rings (SSSR count). The molecule has 0 bridgehead atoms. The first-order valence-corrected chi connectivity index (χ1v) is 5.60. The molecule has 0 aromatic heterocycles. The molecule has 1 N–H and O–H groups in total. The van der Waals surface area contributed by atoms with Gasteiger partial charge < -0.3 is 5.11 Å². The van der Waals surface area contributed by atoms with Crippen LogP contribution >= 0.6 is 0 Å². The normalized spacial score (nSPS) is 30.5. The molecule has 0 aliphatic heterocycles. The zero-order valence-electron chi connectivity index (χ0n) is 9.35. The summed E-state index contributed by atoms with van der Waals surface area (Å²) in [6.07, 6.45) is 4.77. The van der Waals surface area contributed by atoms with E-state index >= 15 is 0 Å². The van der Waals surface area contributed by atoms with Crippen LogP contribution in [0.3, 0.4) is 0 Å². The first kappa shape index (κ1) is 10.4. The van der Waals surface area contributed by atoms with Crippen molar-refractivity contribution in [3.8, 4) is 0 Å². The number of rotatable bonds is 1. The lowest BCUT2D eigenvalue weighted by molar-refractivity contribution is 0.170. The van der Waals surface area contributed by atoms with Crippen molar-refractivity contribution < 1.29 is 5.11 Å². The van der Waals surface area contributed by atoms with Crippen LogP contribution in [0.4, 0.5) is 0 Å². The molecule has 1 heteroatoms. The van der Waals surface area contributed by atoms with Crippen molar-refractivity contribution in [2.45, 2.75) is 32.3 Å². The maximum Gasteiger partial charge on any atom is 0.0789 e. The maximum atomic E-state index is 9.98. The minimum absolute atomic E-state index is 0.270. The highest BCUT2D eigenvalue weighted by atomic mass is 16.3. The van der Waals surface area contributed by atoms with Gasteiger partial charge in [0.15, 0.2) is 0 Å². The summed E-state index contributed by atoms with van der Waals surface area (Å²) in [7, 11) is 0. The smallest absolute Gasteiger partial charge is 0.0789 e. The lowest BCUT2D eigenvalue weighted by Crippen LogP contribution is -2.22. The molecule has 0 radical (unpaired) electrons. The van der Waals surface area contributed by atoms with E-state index in [9.17, 15) is 5.11 Å². The van der Waals surface area contributed by atoms with Gasteiger partial charge >= 0.3 is 0 Å². The maximum absolute atomic E-state index is 9.98. The van der Waals surface area contributed by atoms with Crippen molar-refractivity contribution in [2.24, 2.45) is 5.92 Å². The highest BCUT2D eigenvalue weighted by Crippen LogP contribution is 2.33. The van der Waals surface area contributed by atoms with Crippen LogP contribution in [-0.4, -0.2) is 11.2 Å². The Morgan fingerprint density at radius 1 is 1.20 bits per heavy atom. The van der Waals surface area contributed by atoms with Crippen molar-refractivity contribution in [3.63, 3.8) is 0 Å². The van der Waals surface area contributed by atoms with E-state index in [0.717, 1.165) is 6.42 Å². The molecule has 0 saturated heterocycles. The number of hydrogen-bond acceptors (Lipinski definition) is 1. The van der Waals surface area contributed by atoms with Crippen LogP contribution in [0.5, 0.6) is 0 Å². The van der Waals surface area contributed by atoms with Crippen molar-refractivity contribution in [1.29, 1.82) is 0 Å². The first-order chi connectivity index (χ1) is 7.18. The average Bonchev–Trinajstić information content (AvgIpc) is 2.23. The van der Waals surface area contributed by atoms with Gasteiger partial charge in [0, 0.05) is 5.92 Å². The summed E-state index contributed by atoms with van der Waals surface area (Å²) in [4.78, 5) is 0. The summed E-state index contributed by atoms with van der Waals surface area (Å²) < 4.78 is 0. The SMILES string of the molecule is Cc1ccccc1C1CC(C)C=CC1O. The van der Waals surface area contributed by atoms with Gasteiger partial charge in [-0.15, -0.1) is 0 Å². The second kappa shape index (κ2) is 4.19. The third kappa shape index (κ3) is 2.13. The first-order valence-electron chi connectivity index (χ1n) is 5.60. The molecule has 1 aliphatic rings. The van der Waals surface area contributed by atoms with Gasteiger partial charge in [-0.1, -0.05) is 43.3 Å². The zero-order valence-corrected chi connectivity index (χ0v) is 9.35. The second-order valence-electron chi connectivity index (χ2n) is 4.55. The summed E-state index contributed by atoms with van der Waals surface area (Å²) in [5.41, 5.74) is 2.57. The van der Waals surface area contributed by atoms with Gasteiger partial charge in [0.2, 0.25) is 0 Å². The predicted molar refractivity (Wildman–Crippen MR) is 62.8 cm³/mol. The summed E-state index contributed by atoms with van der Waals surface area (Å²) in [6.45, 7) is 4.32. The molecule has 0 fully saturated rings. The Balaban J connectivity index is 2.31. The number of aryl methyl sites for hydroxylation is 1. The van der Waals surface area contributed by atoms with Crippen molar-refractivity contribution in [1.82, 2.24) is 0 Å². The van der Waals surface area contributed by atoms with E-state index < -0.39 is 0 Å². The Bertz CT molecular complexity index is 367. The van der Waals surface area contributed by atoms with Gasteiger partial charge in [-0.2, -0.15) is 0 Å².